The molecule has 0 saturated carbocycles. The first-order valence-corrected chi connectivity index (χ1v) is 11.7. The number of carbonyl (C=O) groups excluding carboxylic acids is 1. The number of nitrogens with one attached hydrogen (secondary N) is 1. The summed E-state index contributed by atoms with van der Waals surface area (Å²) in [5.74, 6) is 0.262. The minimum absolute atomic E-state index is 0.0240. The molecule has 174 valence electrons. The van der Waals surface area contributed by atoms with Gasteiger partial charge >= 0.3 is 17.8 Å². The smallest absolute Gasteiger partial charge is 0.424 e. The molecule has 0 saturated heterocycles. The Bertz CT molecular complexity index is 911. The summed E-state index contributed by atoms with van der Waals surface area (Å²) < 4.78 is 11.5. The zero-order valence-electron chi connectivity index (χ0n) is 19.7. The van der Waals surface area contributed by atoms with Crippen LogP contribution < -0.4 is 10.1 Å². The first-order chi connectivity index (χ1) is 15.1. The topological polar surface area (TPSA) is 93.4 Å². The van der Waals surface area contributed by atoms with Gasteiger partial charge in [0.05, 0.1) is 19.3 Å². The van der Waals surface area contributed by atoms with Gasteiger partial charge in [0, 0.05) is 15.7 Å². The van der Waals surface area contributed by atoms with Crippen molar-refractivity contribution < 1.29 is 19.0 Å². The summed E-state index contributed by atoms with van der Waals surface area (Å²) in [6.45, 7) is 12.1. The van der Waals surface area contributed by atoms with Gasteiger partial charge in [-0.25, -0.2) is 9.78 Å². The van der Waals surface area contributed by atoms with Crippen molar-refractivity contribution in [2.75, 3.05) is 19.7 Å². The van der Waals surface area contributed by atoms with Crippen LogP contribution in [0.2, 0.25) is 0 Å². The first kappa shape index (κ1) is 25.6. The molecule has 0 bridgehead atoms. The highest BCUT2D eigenvalue weighted by molar-refractivity contribution is 7.99. The maximum atomic E-state index is 12.8. The van der Waals surface area contributed by atoms with Gasteiger partial charge in [0.15, 0.2) is 6.54 Å². The Morgan fingerprint density at radius 2 is 1.91 bits per heavy atom. The molecule has 0 aliphatic carbocycles. The van der Waals surface area contributed by atoms with Gasteiger partial charge in [-0.3, -0.25) is 0 Å². The Kier molecular flexibility index (Phi) is 9.43. The SMILES string of the molecule is CCCOc1ncc(-c2ccc(SC(C)C)cc2)nc1[N+](=O)CCNC(=O)OC(C)(C)C. The second-order valence-corrected chi connectivity index (χ2v) is 10.1. The lowest BCUT2D eigenvalue weighted by Gasteiger charge is -2.19. The van der Waals surface area contributed by atoms with Crippen LogP contribution in [0.15, 0.2) is 35.4 Å². The van der Waals surface area contributed by atoms with Gasteiger partial charge in [0.2, 0.25) is 5.69 Å². The molecule has 1 amide bonds. The van der Waals surface area contributed by atoms with E-state index in [-0.39, 0.29) is 24.8 Å². The Morgan fingerprint density at radius 3 is 2.50 bits per heavy atom. The lowest BCUT2D eigenvalue weighted by Crippen LogP contribution is -2.35. The molecule has 0 aliphatic heterocycles. The average Bonchev–Trinajstić information content (AvgIpc) is 2.71. The predicted molar refractivity (Wildman–Crippen MR) is 127 cm³/mol. The fourth-order valence-electron chi connectivity index (χ4n) is 2.63. The van der Waals surface area contributed by atoms with E-state index in [1.165, 1.54) is 4.90 Å². The molecule has 0 aliphatic rings. The Hall–Kier alpha value is -2.68. The number of hydrogen-bond donors (Lipinski definition) is 1. The highest BCUT2D eigenvalue weighted by Crippen LogP contribution is 2.29. The molecule has 1 N–H and O–H groups in total. The number of amides is 1. The minimum Gasteiger partial charge on any atom is -0.472 e. The second kappa shape index (κ2) is 11.8. The molecule has 9 heteroatoms. The normalized spacial score (nSPS) is 11.3. The van der Waals surface area contributed by atoms with Crippen molar-refractivity contribution in [3.05, 3.63) is 35.4 Å². The number of ether oxygens (including phenoxy) is 2. The van der Waals surface area contributed by atoms with E-state index in [0.29, 0.717) is 22.3 Å². The van der Waals surface area contributed by atoms with E-state index in [9.17, 15) is 9.70 Å². The fourth-order valence-corrected chi connectivity index (χ4v) is 3.46. The molecule has 1 aromatic heterocycles. The minimum atomic E-state index is -0.606. The number of carbonyl (C=O) groups is 1. The van der Waals surface area contributed by atoms with E-state index < -0.39 is 11.7 Å². The van der Waals surface area contributed by atoms with Crippen LogP contribution in [0.1, 0.15) is 48.0 Å². The summed E-state index contributed by atoms with van der Waals surface area (Å²) in [7, 11) is 0. The molecule has 1 heterocycles. The lowest BCUT2D eigenvalue weighted by molar-refractivity contribution is -0.465. The van der Waals surface area contributed by atoms with Crippen molar-refractivity contribution >= 4 is 23.7 Å². The zero-order valence-corrected chi connectivity index (χ0v) is 20.5. The highest BCUT2D eigenvalue weighted by atomic mass is 32.2. The summed E-state index contributed by atoms with van der Waals surface area (Å²) in [5.41, 5.74) is 0.825. The summed E-state index contributed by atoms with van der Waals surface area (Å²) in [4.78, 5) is 34.6. The number of rotatable bonds is 10. The monoisotopic (exact) mass is 461 g/mol. The van der Waals surface area contributed by atoms with Crippen LogP contribution in [0, 0.1) is 4.91 Å². The average molecular weight is 462 g/mol. The van der Waals surface area contributed by atoms with E-state index >= 15 is 0 Å². The number of benzene rings is 1. The van der Waals surface area contributed by atoms with Crippen LogP contribution in [0.4, 0.5) is 10.6 Å². The highest BCUT2D eigenvalue weighted by Gasteiger charge is 2.26. The molecular weight excluding hydrogens is 428 g/mol. The molecule has 0 radical (unpaired) electrons. The van der Waals surface area contributed by atoms with Crippen molar-refractivity contribution in [3.63, 3.8) is 0 Å². The Morgan fingerprint density at radius 1 is 1.22 bits per heavy atom. The lowest BCUT2D eigenvalue weighted by atomic mass is 10.2. The van der Waals surface area contributed by atoms with Gasteiger partial charge in [0.25, 0.3) is 0 Å². The van der Waals surface area contributed by atoms with Crippen LogP contribution in [0.3, 0.4) is 0 Å². The third-order valence-corrected chi connectivity index (χ3v) is 4.92. The zero-order chi connectivity index (χ0) is 23.7. The molecule has 8 nitrogen and oxygen atoms in total. The van der Waals surface area contributed by atoms with Crippen molar-refractivity contribution in [3.8, 4) is 17.1 Å². The van der Waals surface area contributed by atoms with Gasteiger partial charge in [-0.05, 0) is 61.2 Å². The van der Waals surface area contributed by atoms with E-state index in [1.807, 2.05) is 31.2 Å². The molecule has 1 aromatic carbocycles. The van der Waals surface area contributed by atoms with Gasteiger partial charge in [0.1, 0.15) is 5.60 Å². The third-order valence-electron chi connectivity index (χ3n) is 3.91. The van der Waals surface area contributed by atoms with Crippen LogP contribution in [0.25, 0.3) is 11.3 Å². The van der Waals surface area contributed by atoms with Crippen molar-refractivity contribution in [1.29, 1.82) is 0 Å². The van der Waals surface area contributed by atoms with E-state index in [2.05, 4.69) is 29.1 Å². The number of nitrogens with zero attached hydrogens (tertiary/aromatic N) is 3. The van der Waals surface area contributed by atoms with Crippen LogP contribution >= 0.6 is 11.8 Å². The fraction of sp³-hybridized carbons (Fsp3) is 0.522. The van der Waals surface area contributed by atoms with Crippen LogP contribution in [-0.4, -0.2) is 51.4 Å². The molecule has 0 spiro atoms. The molecule has 0 unspecified atom stereocenters. The number of aromatic nitrogens is 2. The molecule has 2 rings (SSSR count). The van der Waals surface area contributed by atoms with Gasteiger partial charge < -0.3 is 14.8 Å². The third kappa shape index (κ3) is 8.45. The Labute approximate surface area is 194 Å². The first-order valence-electron chi connectivity index (χ1n) is 10.8. The van der Waals surface area contributed by atoms with Gasteiger partial charge in [-0.15, -0.1) is 11.8 Å². The van der Waals surface area contributed by atoms with Crippen LogP contribution in [0.5, 0.6) is 5.88 Å². The maximum Gasteiger partial charge on any atom is 0.424 e. The predicted octanol–water partition coefficient (Wildman–Crippen LogP) is 5.37. The quantitative estimate of drug-likeness (QED) is 0.376. The van der Waals surface area contributed by atoms with Crippen molar-refractivity contribution in [2.24, 2.45) is 0 Å². The molecule has 32 heavy (non-hydrogen) atoms. The summed E-state index contributed by atoms with van der Waals surface area (Å²) in [6, 6.07) is 7.99. The maximum absolute atomic E-state index is 12.8. The van der Waals surface area contributed by atoms with Crippen molar-refractivity contribution in [2.45, 2.75) is 63.7 Å². The molecular formula is C23H33N4O4S+. The molecule has 0 fully saturated rings. The second-order valence-electron chi connectivity index (χ2n) is 8.45. The summed E-state index contributed by atoms with van der Waals surface area (Å²) >= 11 is 1.78. The molecule has 0 atom stereocenters. The number of nitroso groups, excluding NO2 is 1. The van der Waals surface area contributed by atoms with E-state index in [1.54, 1.807) is 38.7 Å². The summed E-state index contributed by atoms with van der Waals surface area (Å²) in [6.07, 6.45) is 1.80. The van der Waals surface area contributed by atoms with Crippen molar-refractivity contribution in [1.82, 2.24) is 15.3 Å². The van der Waals surface area contributed by atoms with Crippen LogP contribution in [-0.2, 0) is 4.74 Å². The van der Waals surface area contributed by atoms with E-state index in [0.717, 1.165) is 12.0 Å². The largest absolute Gasteiger partial charge is 0.472 e. The number of hydrogen-bond acceptors (Lipinski definition) is 7. The summed E-state index contributed by atoms with van der Waals surface area (Å²) in [5, 5.41) is 3.07. The van der Waals surface area contributed by atoms with Gasteiger partial charge in [-0.2, -0.15) is 0 Å². The number of thioether (sulfide) groups is 1. The van der Waals surface area contributed by atoms with E-state index in [4.69, 9.17) is 9.47 Å². The number of alkyl carbamates (subject to hydrolysis) is 1. The van der Waals surface area contributed by atoms with Gasteiger partial charge in [-0.1, -0.05) is 25.7 Å². The standard InChI is InChI=1S/C23H32N4O4S/c1-7-14-30-21-20(27(29)13-12-24-22(28)31-23(4,5)6)26-19(15-25-21)17-8-10-18(11-9-17)32-16(2)3/h8-11,15-16H,7,12-14H2,1-6H3/p+1. The molecule has 2 aromatic rings. The Balaban J connectivity index is 2.16.